The van der Waals surface area contributed by atoms with Crippen molar-refractivity contribution in [2.24, 2.45) is 0 Å². The lowest BCUT2D eigenvalue weighted by Crippen LogP contribution is -2.10. The summed E-state index contributed by atoms with van der Waals surface area (Å²) in [5.74, 6) is -0.747. The molecule has 12 heteroatoms. The van der Waals surface area contributed by atoms with Crippen molar-refractivity contribution in [3.05, 3.63) is 86.5 Å². The summed E-state index contributed by atoms with van der Waals surface area (Å²) in [4.78, 5) is 39.0. The minimum Gasteiger partial charge on any atom is -0.508 e. The number of non-ortho nitro benzene ring substituents is 1. The lowest BCUT2D eigenvalue weighted by Gasteiger charge is -2.01. The molecule has 0 heterocycles. The van der Waals surface area contributed by atoms with Crippen molar-refractivity contribution in [2.45, 2.75) is 40.5 Å². The molecular weight excluding hydrogens is 500 g/mol. The Hall–Kier alpha value is -4.74. The number of hydrogen-bond donors (Lipinski definition) is 2. The maximum atomic E-state index is 10.6. The van der Waals surface area contributed by atoms with Gasteiger partial charge in [0.25, 0.3) is 12.2 Å². The molecule has 0 saturated heterocycles. The van der Waals surface area contributed by atoms with E-state index in [0.29, 0.717) is 23.9 Å². The average Bonchev–Trinajstić information content (AvgIpc) is 2.88. The standard InChI is InChI=1S/C9H10O.C7H10O4.C6H4N2O5.C4H10/c1-2-3-8-4-6-9(10)7-5-8;1-6(2)7(9)11-4-3-10-5-8;9-6-2-1-4(7(10)11)3-5(6)8(12)13;1-3-4-2/h2-7,10H,1H3;5H,1,3-4H2,2H3;1-3,9H;3-4H2,1-2H3/b3-2+;;;. The Morgan fingerprint density at radius 2 is 1.58 bits per heavy atom. The number of allylic oxidation sites excluding steroid dienone is 1. The number of nitrogens with zero attached hydrogens (tertiary/aromatic N) is 2. The first-order valence-electron chi connectivity index (χ1n) is 11.4. The summed E-state index contributed by atoms with van der Waals surface area (Å²) in [6.07, 6.45) is 6.59. The Bertz CT molecular complexity index is 1050. The Morgan fingerprint density at radius 3 is 2.00 bits per heavy atom. The third kappa shape index (κ3) is 17.7. The third-order valence-corrected chi connectivity index (χ3v) is 3.97. The highest BCUT2D eigenvalue weighted by Crippen LogP contribution is 2.29. The van der Waals surface area contributed by atoms with Crippen LogP contribution in [-0.2, 0) is 19.1 Å². The topological polar surface area (TPSA) is 179 Å². The zero-order valence-electron chi connectivity index (χ0n) is 21.9. The van der Waals surface area contributed by atoms with E-state index in [0.717, 1.165) is 17.7 Å². The number of phenolic OH excluding ortho intramolecular Hbond substituents is 2. The van der Waals surface area contributed by atoms with Gasteiger partial charge in [-0.2, -0.15) is 0 Å². The van der Waals surface area contributed by atoms with Crippen LogP contribution in [0, 0.1) is 20.2 Å². The Kier molecular flexibility index (Phi) is 20.1. The first-order valence-corrected chi connectivity index (χ1v) is 11.4. The molecule has 0 fully saturated rings. The quantitative estimate of drug-likeness (QED) is 0.101. The van der Waals surface area contributed by atoms with Crippen molar-refractivity contribution < 1.29 is 39.1 Å². The molecule has 0 aliphatic heterocycles. The molecule has 0 amide bonds. The first-order chi connectivity index (χ1) is 17.9. The van der Waals surface area contributed by atoms with Crippen molar-refractivity contribution in [1.82, 2.24) is 0 Å². The fourth-order valence-corrected chi connectivity index (χ4v) is 1.90. The number of phenols is 2. The van der Waals surface area contributed by atoms with Gasteiger partial charge in [-0.15, -0.1) is 0 Å². The predicted octanol–water partition coefficient (Wildman–Crippen LogP) is 5.72. The Labute approximate surface area is 221 Å². The Morgan fingerprint density at radius 1 is 1.00 bits per heavy atom. The molecule has 0 radical (unpaired) electrons. The van der Waals surface area contributed by atoms with Crippen LogP contribution in [0.2, 0.25) is 0 Å². The van der Waals surface area contributed by atoms with Crippen LogP contribution < -0.4 is 0 Å². The van der Waals surface area contributed by atoms with Gasteiger partial charge in [-0.1, -0.05) is 57.6 Å². The van der Waals surface area contributed by atoms with Gasteiger partial charge in [0.1, 0.15) is 19.0 Å². The number of rotatable bonds is 9. The number of aromatic hydroxyl groups is 2. The van der Waals surface area contributed by atoms with Crippen LogP contribution in [0.25, 0.3) is 6.08 Å². The number of benzene rings is 2. The zero-order chi connectivity index (χ0) is 29.5. The monoisotopic (exact) mass is 534 g/mol. The van der Waals surface area contributed by atoms with Crippen LogP contribution in [0.3, 0.4) is 0 Å². The summed E-state index contributed by atoms with van der Waals surface area (Å²) in [5.41, 5.74) is 0.343. The van der Waals surface area contributed by atoms with Crippen LogP contribution >= 0.6 is 0 Å². The molecule has 38 heavy (non-hydrogen) atoms. The van der Waals surface area contributed by atoms with E-state index in [2.05, 4.69) is 29.9 Å². The number of ether oxygens (including phenoxy) is 2. The molecule has 2 aromatic rings. The highest BCUT2D eigenvalue weighted by molar-refractivity contribution is 5.86. The largest absolute Gasteiger partial charge is 0.508 e. The van der Waals surface area contributed by atoms with Crippen LogP contribution in [0.1, 0.15) is 46.1 Å². The fraction of sp³-hybridized carbons (Fsp3) is 0.308. The van der Waals surface area contributed by atoms with Crippen LogP contribution in [-0.4, -0.2) is 45.7 Å². The summed E-state index contributed by atoms with van der Waals surface area (Å²) < 4.78 is 8.86. The van der Waals surface area contributed by atoms with E-state index >= 15 is 0 Å². The summed E-state index contributed by atoms with van der Waals surface area (Å²) in [6.45, 7) is 11.7. The second kappa shape index (κ2) is 21.5. The molecule has 0 bridgehead atoms. The molecule has 0 spiro atoms. The number of esters is 1. The predicted molar refractivity (Wildman–Crippen MR) is 143 cm³/mol. The molecule has 0 aliphatic rings. The number of unbranched alkanes of at least 4 members (excludes halogenated alkanes) is 1. The van der Waals surface area contributed by atoms with E-state index in [4.69, 9.17) is 10.2 Å². The lowest BCUT2D eigenvalue weighted by atomic mass is 10.2. The van der Waals surface area contributed by atoms with Crippen molar-refractivity contribution in [2.75, 3.05) is 13.2 Å². The Balaban J connectivity index is 0. The van der Waals surface area contributed by atoms with Crippen LogP contribution in [0.15, 0.2) is 60.7 Å². The van der Waals surface area contributed by atoms with Gasteiger partial charge in [0.05, 0.1) is 15.9 Å². The molecule has 2 rings (SSSR count). The molecular formula is C26H34N2O10. The van der Waals surface area contributed by atoms with Gasteiger partial charge in [0, 0.05) is 11.6 Å². The number of carbonyl (C=O) groups excluding carboxylic acids is 2. The SMILES string of the molecule is C/C=C/c1ccc(O)cc1.C=C(C)C(=O)OCCOC=O.CCCC.O=[N+]([O-])c1ccc(O)c([N+](=O)[O-])c1. The van der Waals surface area contributed by atoms with Gasteiger partial charge in [-0.25, -0.2) is 4.79 Å². The summed E-state index contributed by atoms with van der Waals surface area (Å²) in [6, 6.07) is 9.70. The fourth-order valence-electron chi connectivity index (χ4n) is 1.90. The maximum Gasteiger partial charge on any atom is 0.333 e. The van der Waals surface area contributed by atoms with E-state index in [1.54, 1.807) is 19.1 Å². The molecule has 0 saturated carbocycles. The van der Waals surface area contributed by atoms with Gasteiger partial charge in [-0.05, 0) is 37.6 Å². The average molecular weight is 535 g/mol. The molecule has 2 aromatic carbocycles. The molecule has 208 valence electrons. The van der Waals surface area contributed by atoms with Gasteiger partial charge < -0.3 is 19.7 Å². The third-order valence-electron chi connectivity index (χ3n) is 3.97. The van der Waals surface area contributed by atoms with Crippen LogP contribution in [0.5, 0.6) is 11.5 Å². The molecule has 12 nitrogen and oxygen atoms in total. The lowest BCUT2D eigenvalue weighted by molar-refractivity contribution is -0.394. The summed E-state index contributed by atoms with van der Waals surface area (Å²) in [7, 11) is 0. The minimum absolute atomic E-state index is 0.0738. The van der Waals surface area contributed by atoms with E-state index in [-0.39, 0.29) is 13.2 Å². The molecule has 0 aliphatic carbocycles. The highest BCUT2D eigenvalue weighted by atomic mass is 16.6. The minimum atomic E-state index is -0.887. The van der Waals surface area contributed by atoms with E-state index < -0.39 is 32.9 Å². The van der Waals surface area contributed by atoms with Crippen LogP contribution in [0.4, 0.5) is 11.4 Å². The van der Waals surface area contributed by atoms with Gasteiger partial charge in [0.2, 0.25) is 0 Å². The summed E-state index contributed by atoms with van der Waals surface area (Å²) in [5, 5.41) is 38.2. The second-order valence-electron chi connectivity index (χ2n) is 7.16. The molecule has 2 N–H and O–H groups in total. The van der Waals surface area contributed by atoms with Crippen molar-refractivity contribution in [3.8, 4) is 11.5 Å². The number of hydrogen-bond acceptors (Lipinski definition) is 10. The summed E-state index contributed by atoms with van der Waals surface area (Å²) >= 11 is 0. The van der Waals surface area contributed by atoms with E-state index in [1.807, 2.05) is 31.2 Å². The maximum absolute atomic E-state index is 10.6. The molecule has 0 unspecified atom stereocenters. The molecule has 0 atom stereocenters. The van der Waals surface area contributed by atoms with E-state index in [9.17, 15) is 29.8 Å². The first kappa shape index (κ1) is 35.4. The van der Waals surface area contributed by atoms with E-state index in [1.165, 1.54) is 12.8 Å². The van der Waals surface area contributed by atoms with Crippen molar-refractivity contribution in [1.29, 1.82) is 0 Å². The van der Waals surface area contributed by atoms with Crippen molar-refractivity contribution >= 4 is 29.9 Å². The number of nitro groups is 2. The molecule has 0 aromatic heterocycles. The van der Waals surface area contributed by atoms with Gasteiger partial charge >= 0.3 is 11.7 Å². The van der Waals surface area contributed by atoms with Crippen molar-refractivity contribution in [3.63, 3.8) is 0 Å². The normalized spacial score (nSPS) is 9.26. The second-order valence-corrected chi connectivity index (χ2v) is 7.16. The zero-order valence-corrected chi connectivity index (χ0v) is 21.9. The van der Waals surface area contributed by atoms with Gasteiger partial charge in [0.15, 0.2) is 5.75 Å². The highest BCUT2D eigenvalue weighted by Gasteiger charge is 2.18. The number of carbonyl (C=O) groups is 2. The van der Waals surface area contributed by atoms with Gasteiger partial charge in [-0.3, -0.25) is 25.0 Å². The number of nitro benzene ring substituents is 2. The smallest absolute Gasteiger partial charge is 0.333 e.